The average Bonchev–Trinajstić information content (AvgIpc) is 2.25. The van der Waals surface area contributed by atoms with Gasteiger partial charge in [-0.05, 0) is 24.1 Å². The molecule has 1 rings (SSSR count). The summed E-state index contributed by atoms with van der Waals surface area (Å²) in [6.45, 7) is 1.87. The highest BCUT2D eigenvalue weighted by Crippen LogP contribution is 2.27. The highest BCUT2D eigenvalue weighted by molar-refractivity contribution is 7.86. The number of hydrazine groups is 1. The number of hydrogen-bond donors (Lipinski definition) is 3. The van der Waals surface area contributed by atoms with Crippen molar-refractivity contribution in [2.75, 3.05) is 5.43 Å². The molecule has 4 N–H and O–H groups in total. The quantitative estimate of drug-likeness (QED) is 0.416. The zero-order chi connectivity index (χ0) is 12.2. The lowest BCUT2D eigenvalue weighted by Gasteiger charge is -2.13. The summed E-state index contributed by atoms with van der Waals surface area (Å²) in [7, 11) is -4.05. The van der Waals surface area contributed by atoms with E-state index in [0.717, 1.165) is 0 Å². The Hall–Kier alpha value is -1.11. The standard InChI is InChI=1S/C10H16N2O3S/c1-2-3-10(16(13,14)15)8-4-6-9(12-11)7-5-8/h4-7,10,12H,2-3,11H2,1H3,(H,13,14,15). The summed E-state index contributed by atoms with van der Waals surface area (Å²) in [6, 6.07) is 6.62. The van der Waals surface area contributed by atoms with E-state index in [1.165, 1.54) is 0 Å². The van der Waals surface area contributed by atoms with Crippen molar-refractivity contribution in [3.63, 3.8) is 0 Å². The van der Waals surface area contributed by atoms with Crippen molar-refractivity contribution >= 4 is 15.8 Å². The van der Waals surface area contributed by atoms with Crippen molar-refractivity contribution in [1.82, 2.24) is 0 Å². The molecule has 1 atom stereocenters. The van der Waals surface area contributed by atoms with Crippen molar-refractivity contribution in [2.24, 2.45) is 5.84 Å². The van der Waals surface area contributed by atoms with E-state index < -0.39 is 15.4 Å². The molecule has 0 aromatic heterocycles. The van der Waals surface area contributed by atoms with Crippen LogP contribution in [0.1, 0.15) is 30.6 Å². The van der Waals surface area contributed by atoms with Crippen LogP contribution < -0.4 is 11.3 Å². The molecule has 1 aromatic rings. The van der Waals surface area contributed by atoms with E-state index in [-0.39, 0.29) is 0 Å². The van der Waals surface area contributed by atoms with Crippen LogP contribution in [0.3, 0.4) is 0 Å². The van der Waals surface area contributed by atoms with Crippen molar-refractivity contribution in [3.8, 4) is 0 Å². The molecule has 0 radical (unpaired) electrons. The Balaban J connectivity index is 3.02. The van der Waals surface area contributed by atoms with Gasteiger partial charge in [0.25, 0.3) is 10.1 Å². The molecular formula is C10H16N2O3S. The maximum atomic E-state index is 11.2. The maximum absolute atomic E-state index is 11.2. The molecule has 0 fully saturated rings. The van der Waals surface area contributed by atoms with Gasteiger partial charge in [0.1, 0.15) is 5.25 Å². The van der Waals surface area contributed by atoms with Crippen LogP contribution in [0.4, 0.5) is 5.69 Å². The van der Waals surface area contributed by atoms with E-state index in [1.54, 1.807) is 24.3 Å². The number of nitrogens with one attached hydrogen (secondary N) is 1. The smallest absolute Gasteiger partial charge is 0.271 e. The van der Waals surface area contributed by atoms with Crippen LogP contribution in [0.25, 0.3) is 0 Å². The highest BCUT2D eigenvalue weighted by atomic mass is 32.2. The Labute approximate surface area is 95.4 Å². The van der Waals surface area contributed by atoms with Crippen LogP contribution >= 0.6 is 0 Å². The second-order valence-electron chi connectivity index (χ2n) is 3.56. The number of rotatable bonds is 5. The number of benzene rings is 1. The van der Waals surface area contributed by atoms with Crippen LogP contribution in [-0.4, -0.2) is 13.0 Å². The second-order valence-corrected chi connectivity index (χ2v) is 5.16. The normalized spacial score (nSPS) is 13.4. The van der Waals surface area contributed by atoms with E-state index in [1.807, 2.05) is 6.92 Å². The van der Waals surface area contributed by atoms with Gasteiger partial charge in [0, 0.05) is 5.69 Å². The minimum Gasteiger partial charge on any atom is -0.324 e. The van der Waals surface area contributed by atoms with Crippen LogP contribution in [0.15, 0.2) is 24.3 Å². The number of nitrogens with two attached hydrogens (primary N) is 1. The largest absolute Gasteiger partial charge is 0.324 e. The van der Waals surface area contributed by atoms with Gasteiger partial charge in [0.2, 0.25) is 0 Å². The maximum Gasteiger partial charge on any atom is 0.271 e. The van der Waals surface area contributed by atoms with Gasteiger partial charge in [-0.3, -0.25) is 10.4 Å². The van der Waals surface area contributed by atoms with Crippen LogP contribution in [0.2, 0.25) is 0 Å². The summed E-state index contributed by atoms with van der Waals surface area (Å²) in [6.07, 6.45) is 1.08. The Morgan fingerprint density at radius 3 is 2.31 bits per heavy atom. The van der Waals surface area contributed by atoms with Crippen molar-refractivity contribution < 1.29 is 13.0 Å². The number of nitrogen functional groups attached to an aromatic ring is 1. The van der Waals surface area contributed by atoms with Crippen LogP contribution in [0.5, 0.6) is 0 Å². The molecule has 90 valence electrons. The Bertz CT molecular complexity index is 428. The van der Waals surface area contributed by atoms with Crippen LogP contribution in [0, 0.1) is 0 Å². The van der Waals surface area contributed by atoms with Crippen molar-refractivity contribution in [3.05, 3.63) is 29.8 Å². The fraction of sp³-hybridized carbons (Fsp3) is 0.400. The number of anilines is 1. The summed E-state index contributed by atoms with van der Waals surface area (Å²) in [4.78, 5) is 0. The Morgan fingerprint density at radius 2 is 1.94 bits per heavy atom. The molecule has 1 aromatic carbocycles. The Morgan fingerprint density at radius 1 is 1.38 bits per heavy atom. The first-order valence-electron chi connectivity index (χ1n) is 5.02. The molecule has 0 amide bonds. The van der Waals surface area contributed by atoms with Gasteiger partial charge in [-0.1, -0.05) is 25.5 Å². The third kappa shape index (κ3) is 3.19. The lowest BCUT2D eigenvalue weighted by molar-refractivity contribution is 0.463. The van der Waals surface area contributed by atoms with E-state index in [9.17, 15) is 8.42 Å². The Kier molecular flexibility index (Phi) is 4.28. The monoisotopic (exact) mass is 244 g/mol. The van der Waals surface area contributed by atoms with E-state index >= 15 is 0 Å². The average molecular weight is 244 g/mol. The molecule has 0 aliphatic heterocycles. The fourth-order valence-corrected chi connectivity index (χ4v) is 2.58. The highest BCUT2D eigenvalue weighted by Gasteiger charge is 2.23. The van der Waals surface area contributed by atoms with Gasteiger partial charge >= 0.3 is 0 Å². The molecule has 0 saturated carbocycles. The minimum atomic E-state index is -4.05. The summed E-state index contributed by atoms with van der Waals surface area (Å²) < 4.78 is 31.5. The topological polar surface area (TPSA) is 92.4 Å². The molecule has 0 aliphatic rings. The zero-order valence-electron chi connectivity index (χ0n) is 9.05. The second kappa shape index (κ2) is 5.29. The van der Waals surface area contributed by atoms with Crippen molar-refractivity contribution in [1.29, 1.82) is 0 Å². The first-order chi connectivity index (χ1) is 7.49. The predicted molar refractivity (Wildman–Crippen MR) is 63.4 cm³/mol. The van der Waals surface area contributed by atoms with Gasteiger partial charge < -0.3 is 5.43 Å². The first kappa shape index (κ1) is 13.0. The summed E-state index contributed by atoms with van der Waals surface area (Å²) in [5.41, 5.74) is 3.71. The molecule has 0 bridgehead atoms. The molecular weight excluding hydrogens is 228 g/mol. The summed E-state index contributed by atoms with van der Waals surface area (Å²) >= 11 is 0. The van der Waals surface area contributed by atoms with Crippen molar-refractivity contribution in [2.45, 2.75) is 25.0 Å². The predicted octanol–water partition coefficient (Wildman–Crippen LogP) is 1.70. The first-order valence-corrected chi connectivity index (χ1v) is 6.52. The molecule has 6 heteroatoms. The SMILES string of the molecule is CCCC(c1ccc(NN)cc1)S(=O)(=O)O. The van der Waals surface area contributed by atoms with Gasteiger partial charge in [0.15, 0.2) is 0 Å². The van der Waals surface area contributed by atoms with Gasteiger partial charge in [0.05, 0.1) is 0 Å². The van der Waals surface area contributed by atoms with Gasteiger partial charge in [-0.25, -0.2) is 0 Å². The molecule has 0 aliphatic carbocycles. The third-order valence-corrected chi connectivity index (χ3v) is 3.59. The zero-order valence-corrected chi connectivity index (χ0v) is 9.87. The lowest BCUT2D eigenvalue weighted by Crippen LogP contribution is -2.12. The molecule has 1 unspecified atom stereocenters. The summed E-state index contributed by atoms with van der Waals surface area (Å²) in [5, 5.41) is -0.857. The molecule has 0 saturated heterocycles. The van der Waals surface area contributed by atoms with Gasteiger partial charge in [-0.2, -0.15) is 8.42 Å². The lowest BCUT2D eigenvalue weighted by atomic mass is 10.1. The third-order valence-electron chi connectivity index (χ3n) is 2.36. The fourth-order valence-electron chi connectivity index (χ4n) is 1.54. The van der Waals surface area contributed by atoms with E-state index in [0.29, 0.717) is 24.1 Å². The summed E-state index contributed by atoms with van der Waals surface area (Å²) in [5.74, 6) is 5.20. The molecule has 5 nitrogen and oxygen atoms in total. The molecule has 0 spiro atoms. The number of hydrogen-bond acceptors (Lipinski definition) is 4. The van der Waals surface area contributed by atoms with E-state index in [2.05, 4.69) is 5.43 Å². The molecule has 16 heavy (non-hydrogen) atoms. The molecule has 0 heterocycles. The van der Waals surface area contributed by atoms with E-state index in [4.69, 9.17) is 10.4 Å². The van der Waals surface area contributed by atoms with Gasteiger partial charge in [-0.15, -0.1) is 0 Å². The minimum absolute atomic E-state index is 0.397. The van der Waals surface area contributed by atoms with Crippen LogP contribution in [-0.2, 0) is 10.1 Å².